The Morgan fingerprint density at radius 2 is 1.75 bits per heavy atom. The molecule has 0 fully saturated rings. The van der Waals surface area contributed by atoms with Gasteiger partial charge in [0, 0.05) is 11.3 Å². The van der Waals surface area contributed by atoms with Crippen LogP contribution >= 0.6 is 0 Å². The zero-order chi connectivity index (χ0) is 23.5. The number of nitrogens with one attached hydrogen (secondary N) is 1. The molecule has 0 saturated carbocycles. The quantitative estimate of drug-likeness (QED) is 0.556. The van der Waals surface area contributed by atoms with Crippen LogP contribution in [0.2, 0.25) is 0 Å². The smallest absolute Gasteiger partial charge is 0.307 e. The number of carbonyl (C=O) groups is 2. The number of aliphatic carboxylic acids is 1. The van der Waals surface area contributed by atoms with E-state index in [-0.39, 0.29) is 17.7 Å². The average Bonchev–Trinajstić information content (AvgIpc) is 2.74. The van der Waals surface area contributed by atoms with Crippen LogP contribution < -0.4 is 10.1 Å². The summed E-state index contributed by atoms with van der Waals surface area (Å²) >= 11 is 0. The van der Waals surface area contributed by atoms with E-state index in [2.05, 4.69) is 31.1 Å². The summed E-state index contributed by atoms with van der Waals surface area (Å²) in [5, 5.41) is 11.9. The molecule has 0 aliphatic heterocycles. The van der Waals surface area contributed by atoms with Gasteiger partial charge in [-0.2, -0.15) is 0 Å². The summed E-state index contributed by atoms with van der Waals surface area (Å²) < 4.78 is 5.40. The van der Waals surface area contributed by atoms with Gasteiger partial charge < -0.3 is 15.2 Å². The van der Waals surface area contributed by atoms with Gasteiger partial charge in [-0.1, -0.05) is 51.1 Å². The van der Waals surface area contributed by atoms with E-state index < -0.39 is 5.97 Å². The van der Waals surface area contributed by atoms with Crippen molar-refractivity contribution in [2.75, 3.05) is 12.4 Å². The van der Waals surface area contributed by atoms with E-state index in [1.807, 2.05) is 43.3 Å². The molecule has 2 N–H and O–H groups in total. The highest BCUT2D eigenvalue weighted by Crippen LogP contribution is 2.30. The van der Waals surface area contributed by atoms with E-state index >= 15 is 0 Å². The molecule has 0 bridgehead atoms. The predicted molar refractivity (Wildman–Crippen MR) is 125 cm³/mol. The number of carboxylic acids is 1. The number of amides is 1. The molecule has 32 heavy (non-hydrogen) atoms. The van der Waals surface area contributed by atoms with E-state index in [0.717, 1.165) is 27.9 Å². The van der Waals surface area contributed by atoms with Gasteiger partial charge in [0.15, 0.2) is 0 Å². The van der Waals surface area contributed by atoms with Crippen LogP contribution in [0.1, 0.15) is 48.0 Å². The average molecular weight is 433 g/mol. The number of pyridine rings is 1. The fourth-order valence-electron chi connectivity index (χ4n) is 3.42. The molecule has 0 saturated heterocycles. The Morgan fingerprint density at radius 1 is 1.06 bits per heavy atom. The maximum absolute atomic E-state index is 13.1. The largest absolute Gasteiger partial charge is 0.496 e. The van der Waals surface area contributed by atoms with Crippen LogP contribution in [-0.2, 0) is 16.6 Å². The van der Waals surface area contributed by atoms with Crippen LogP contribution in [0, 0.1) is 6.92 Å². The highest BCUT2D eigenvalue weighted by Gasteiger charge is 2.20. The van der Waals surface area contributed by atoms with E-state index in [1.165, 1.54) is 0 Å². The van der Waals surface area contributed by atoms with Crippen molar-refractivity contribution in [3.8, 4) is 16.9 Å². The fourth-order valence-corrected chi connectivity index (χ4v) is 3.42. The Labute approximate surface area is 188 Å². The molecule has 166 valence electrons. The number of rotatable bonds is 6. The Morgan fingerprint density at radius 3 is 2.34 bits per heavy atom. The monoisotopic (exact) mass is 432 g/mol. The molecule has 6 nitrogen and oxygen atoms in total. The first-order valence-electron chi connectivity index (χ1n) is 10.4. The van der Waals surface area contributed by atoms with Crippen molar-refractivity contribution in [2.45, 2.75) is 39.5 Å². The lowest BCUT2D eigenvalue weighted by atomic mass is 9.86. The number of hydrogen-bond acceptors (Lipinski definition) is 4. The standard InChI is InChI=1S/C26H28N2O4/c1-16-21(18-8-6-17(7-9-18)12-24(29)30)14-20(15-27-16)28-25(31)22-13-19(26(2,3)4)10-11-23(22)32-5/h6-11,13-15H,12H2,1-5H3,(H,28,31)(H,29,30). The van der Waals surface area contributed by atoms with Crippen molar-refractivity contribution in [1.29, 1.82) is 0 Å². The normalized spacial score (nSPS) is 11.2. The van der Waals surface area contributed by atoms with E-state index in [9.17, 15) is 9.59 Å². The van der Waals surface area contributed by atoms with Crippen LogP contribution in [-0.4, -0.2) is 29.1 Å². The second-order valence-electron chi connectivity index (χ2n) is 8.74. The third kappa shape index (κ3) is 5.32. The maximum atomic E-state index is 13.1. The first-order chi connectivity index (χ1) is 15.1. The van der Waals surface area contributed by atoms with Gasteiger partial charge in [0.2, 0.25) is 0 Å². The Bertz CT molecular complexity index is 1150. The molecule has 3 rings (SSSR count). The van der Waals surface area contributed by atoms with Gasteiger partial charge in [0.05, 0.1) is 31.0 Å². The molecule has 0 spiro atoms. The van der Waals surface area contributed by atoms with Crippen LogP contribution in [0.15, 0.2) is 54.7 Å². The topological polar surface area (TPSA) is 88.5 Å². The van der Waals surface area contributed by atoms with Gasteiger partial charge in [0.25, 0.3) is 5.91 Å². The number of aryl methyl sites for hydroxylation is 1. The number of benzene rings is 2. The highest BCUT2D eigenvalue weighted by molar-refractivity contribution is 6.06. The Kier molecular flexibility index (Phi) is 6.63. The molecule has 3 aromatic rings. The number of ether oxygens (including phenoxy) is 1. The van der Waals surface area contributed by atoms with Crippen LogP contribution in [0.5, 0.6) is 5.75 Å². The summed E-state index contributed by atoms with van der Waals surface area (Å²) in [6.45, 7) is 8.17. The minimum absolute atomic E-state index is 0.0247. The summed E-state index contributed by atoms with van der Waals surface area (Å²) in [7, 11) is 1.54. The minimum atomic E-state index is -0.869. The summed E-state index contributed by atoms with van der Waals surface area (Å²) in [6.07, 6.45) is 1.60. The lowest BCUT2D eigenvalue weighted by Crippen LogP contribution is -2.17. The first kappa shape index (κ1) is 23.0. The molecule has 2 aromatic carbocycles. The molecule has 1 amide bonds. The molecule has 0 aliphatic carbocycles. The number of hydrogen-bond donors (Lipinski definition) is 2. The second-order valence-corrected chi connectivity index (χ2v) is 8.74. The van der Waals surface area contributed by atoms with Gasteiger partial charge in [-0.3, -0.25) is 14.6 Å². The Balaban J connectivity index is 1.89. The summed E-state index contributed by atoms with van der Waals surface area (Å²) in [4.78, 5) is 28.4. The third-order valence-corrected chi connectivity index (χ3v) is 5.28. The number of aromatic nitrogens is 1. The van der Waals surface area contributed by atoms with Gasteiger partial charge >= 0.3 is 5.97 Å². The third-order valence-electron chi connectivity index (χ3n) is 5.28. The van der Waals surface area contributed by atoms with Gasteiger partial charge in [-0.25, -0.2) is 0 Å². The van der Waals surface area contributed by atoms with Gasteiger partial charge in [-0.05, 0) is 47.2 Å². The summed E-state index contributed by atoms with van der Waals surface area (Å²) in [5.41, 5.74) is 5.24. The molecule has 0 aliphatic rings. The molecular formula is C26H28N2O4. The van der Waals surface area contributed by atoms with Crippen LogP contribution in [0.25, 0.3) is 11.1 Å². The van der Waals surface area contributed by atoms with E-state index in [0.29, 0.717) is 17.0 Å². The summed E-state index contributed by atoms with van der Waals surface area (Å²) in [5.74, 6) is -0.641. The molecule has 0 atom stereocenters. The van der Waals surface area contributed by atoms with Crippen LogP contribution in [0.4, 0.5) is 5.69 Å². The van der Waals surface area contributed by atoms with Crippen molar-refractivity contribution >= 4 is 17.6 Å². The second kappa shape index (κ2) is 9.22. The Hall–Kier alpha value is -3.67. The number of carboxylic acid groups (broad SMARTS) is 1. The minimum Gasteiger partial charge on any atom is -0.496 e. The highest BCUT2D eigenvalue weighted by atomic mass is 16.5. The van der Waals surface area contributed by atoms with E-state index in [4.69, 9.17) is 9.84 Å². The number of nitrogens with zero attached hydrogens (tertiary/aromatic N) is 1. The number of carbonyl (C=O) groups excluding carboxylic acids is 1. The van der Waals surface area contributed by atoms with E-state index in [1.54, 1.807) is 25.4 Å². The van der Waals surface area contributed by atoms with Crippen molar-refractivity contribution in [2.24, 2.45) is 0 Å². The van der Waals surface area contributed by atoms with Gasteiger partial charge in [0.1, 0.15) is 5.75 Å². The zero-order valence-electron chi connectivity index (χ0n) is 19.0. The van der Waals surface area contributed by atoms with Crippen molar-refractivity contribution < 1.29 is 19.4 Å². The molecular weight excluding hydrogens is 404 g/mol. The molecule has 0 unspecified atom stereocenters. The van der Waals surface area contributed by atoms with Crippen molar-refractivity contribution in [1.82, 2.24) is 4.98 Å². The number of anilines is 1. The first-order valence-corrected chi connectivity index (χ1v) is 10.4. The lowest BCUT2D eigenvalue weighted by molar-refractivity contribution is -0.136. The fraction of sp³-hybridized carbons (Fsp3) is 0.269. The number of methoxy groups -OCH3 is 1. The SMILES string of the molecule is COc1ccc(C(C)(C)C)cc1C(=O)Nc1cnc(C)c(-c2ccc(CC(=O)O)cc2)c1. The van der Waals surface area contributed by atoms with Gasteiger partial charge in [-0.15, -0.1) is 0 Å². The molecule has 0 radical (unpaired) electrons. The molecule has 1 aromatic heterocycles. The molecule has 6 heteroatoms. The lowest BCUT2D eigenvalue weighted by Gasteiger charge is -2.21. The summed E-state index contributed by atoms with van der Waals surface area (Å²) in [6, 6.07) is 14.8. The maximum Gasteiger partial charge on any atom is 0.307 e. The zero-order valence-corrected chi connectivity index (χ0v) is 19.0. The molecule has 1 heterocycles. The van der Waals surface area contributed by atoms with Crippen molar-refractivity contribution in [3.63, 3.8) is 0 Å². The van der Waals surface area contributed by atoms with Crippen LogP contribution in [0.3, 0.4) is 0 Å². The predicted octanol–water partition coefficient (Wildman–Crippen LogP) is 5.24. The van der Waals surface area contributed by atoms with Crippen molar-refractivity contribution in [3.05, 3.63) is 77.1 Å².